The highest BCUT2D eigenvalue weighted by Gasteiger charge is 2.31. The third-order valence-corrected chi connectivity index (χ3v) is 1.97. The van der Waals surface area contributed by atoms with Crippen LogP contribution >= 0.6 is 0 Å². The lowest BCUT2D eigenvalue weighted by Crippen LogP contribution is -2.11. The highest BCUT2D eigenvalue weighted by molar-refractivity contribution is 5.28. The van der Waals surface area contributed by atoms with E-state index in [2.05, 4.69) is 4.84 Å². The molecule has 84 valence electrons. The number of benzene rings is 1. The Morgan fingerprint density at radius 1 is 1.33 bits per heavy atom. The molecule has 0 amide bonds. The largest absolute Gasteiger partial charge is 0.416 e. The Morgan fingerprint density at radius 3 is 2.40 bits per heavy atom. The fourth-order valence-corrected chi connectivity index (χ4v) is 1.10. The molecule has 15 heavy (non-hydrogen) atoms. The van der Waals surface area contributed by atoms with Gasteiger partial charge in [-0.2, -0.15) is 13.2 Å². The van der Waals surface area contributed by atoms with E-state index in [9.17, 15) is 17.6 Å². The Balaban J connectivity index is 3.17. The van der Waals surface area contributed by atoms with Crippen molar-refractivity contribution in [2.24, 2.45) is 5.90 Å². The van der Waals surface area contributed by atoms with E-state index in [1.807, 2.05) is 0 Å². The smallest absolute Gasteiger partial charge is 0.297 e. The summed E-state index contributed by atoms with van der Waals surface area (Å²) in [5.41, 5.74) is -1.14. The van der Waals surface area contributed by atoms with E-state index in [4.69, 9.17) is 5.90 Å². The van der Waals surface area contributed by atoms with Crippen molar-refractivity contribution in [1.82, 2.24) is 0 Å². The van der Waals surface area contributed by atoms with Gasteiger partial charge < -0.3 is 0 Å². The molecule has 0 saturated carbocycles. The maximum Gasteiger partial charge on any atom is 0.416 e. The van der Waals surface area contributed by atoms with Gasteiger partial charge in [-0.3, -0.25) is 4.84 Å². The van der Waals surface area contributed by atoms with Crippen molar-refractivity contribution in [2.75, 3.05) is 0 Å². The molecule has 1 aromatic carbocycles. The molecule has 0 fully saturated rings. The fraction of sp³-hybridized carbons (Fsp3) is 0.333. The molecular formula is C9H9F4NO. The third kappa shape index (κ3) is 2.66. The topological polar surface area (TPSA) is 35.2 Å². The van der Waals surface area contributed by atoms with Crippen LogP contribution < -0.4 is 5.90 Å². The first kappa shape index (κ1) is 11.9. The summed E-state index contributed by atoms with van der Waals surface area (Å²) in [6, 6.07) is 2.10. The molecule has 0 saturated heterocycles. The van der Waals surface area contributed by atoms with Crippen LogP contribution in [0.15, 0.2) is 18.2 Å². The van der Waals surface area contributed by atoms with Crippen LogP contribution in [0.3, 0.4) is 0 Å². The first-order valence-electron chi connectivity index (χ1n) is 4.08. The molecule has 0 aromatic heterocycles. The Hall–Kier alpha value is -1.14. The van der Waals surface area contributed by atoms with Crippen molar-refractivity contribution in [3.63, 3.8) is 0 Å². The van der Waals surface area contributed by atoms with Gasteiger partial charge >= 0.3 is 6.18 Å². The minimum absolute atomic E-state index is 0.215. The van der Waals surface area contributed by atoms with Crippen molar-refractivity contribution in [3.8, 4) is 0 Å². The lowest BCUT2D eigenvalue weighted by molar-refractivity contribution is -0.137. The minimum Gasteiger partial charge on any atom is -0.297 e. The van der Waals surface area contributed by atoms with Crippen LogP contribution in [0.25, 0.3) is 0 Å². The fourth-order valence-electron chi connectivity index (χ4n) is 1.10. The maximum atomic E-state index is 13.1. The Labute approximate surface area is 83.6 Å². The van der Waals surface area contributed by atoms with E-state index in [0.717, 1.165) is 6.07 Å². The molecule has 0 spiro atoms. The summed E-state index contributed by atoms with van der Waals surface area (Å²) in [7, 11) is 0. The van der Waals surface area contributed by atoms with Crippen LogP contribution in [0, 0.1) is 5.82 Å². The van der Waals surface area contributed by atoms with E-state index in [0.29, 0.717) is 12.1 Å². The van der Waals surface area contributed by atoms with Crippen LogP contribution in [0.5, 0.6) is 0 Å². The maximum absolute atomic E-state index is 13.1. The van der Waals surface area contributed by atoms with Gasteiger partial charge in [-0.25, -0.2) is 10.3 Å². The van der Waals surface area contributed by atoms with Crippen LogP contribution in [-0.4, -0.2) is 0 Å². The van der Waals surface area contributed by atoms with Crippen molar-refractivity contribution < 1.29 is 22.4 Å². The van der Waals surface area contributed by atoms with Crippen LogP contribution in [0.2, 0.25) is 0 Å². The van der Waals surface area contributed by atoms with Gasteiger partial charge in [0, 0.05) is 5.56 Å². The Morgan fingerprint density at radius 2 is 1.93 bits per heavy atom. The lowest BCUT2D eigenvalue weighted by atomic mass is 10.1. The summed E-state index contributed by atoms with van der Waals surface area (Å²) < 4.78 is 49.9. The zero-order valence-electron chi connectivity index (χ0n) is 7.81. The van der Waals surface area contributed by atoms with E-state index >= 15 is 0 Å². The average Bonchev–Trinajstić information content (AvgIpc) is 2.15. The number of halogens is 4. The summed E-state index contributed by atoms with van der Waals surface area (Å²) in [6.07, 6.45) is -5.43. The summed E-state index contributed by atoms with van der Waals surface area (Å²) in [6.45, 7) is 1.36. The molecule has 0 bridgehead atoms. The predicted molar refractivity (Wildman–Crippen MR) is 45.1 cm³/mol. The van der Waals surface area contributed by atoms with Crippen LogP contribution in [0.1, 0.15) is 24.2 Å². The number of rotatable bonds is 2. The SMILES string of the molecule is CC(ON)c1cc(C(F)(F)F)ccc1F. The van der Waals surface area contributed by atoms with Crippen molar-refractivity contribution in [1.29, 1.82) is 0 Å². The number of hydrogen-bond acceptors (Lipinski definition) is 2. The summed E-state index contributed by atoms with van der Waals surface area (Å²) in [4.78, 5) is 4.28. The molecule has 0 radical (unpaired) electrons. The average molecular weight is 223 g/mol. The zero-order chi connectivity index (χ0) is 11.6. The van der Waals surface area contributed by atoms with Crippen molar-refractivity contribution in [3.05, 3.63) is 35.1 Å². The highest BCUT2D eigenvalue weighted by Crippen LogP contribution is 2.32. The van der Waals surface area contributed by atoms with Crippen molar-refractivity contribution >= 4 is 0 Å². The molecule has 0 aliphatic heterocycles. The molecule has 2 nitrogen and oxygen atoms in total. The third-order valence-electron chi connectivity index (χ3n) is 1.97. The molecule has 1 unspecified atom stereocenters. The normalized spacial score (nSPS) is 14.0. The van der Waals surface area contributed by atoms with E-state index in [-0.39, 0.29) is 5.56 Å². The van der Waals surface area contributed by atoms with Crippen molar-refractivity contribution in [2.45, 2.75) is 19.2 Å². The second kappa shape index (κ2) is 4.16. The number of alkyl halides is 3. The quantitative estimate of drug-likeness (QED) is 0.618. The van der Waals surface area contributed by atoms with E-state index in [1.165, 1.54) is 6.92 Å². The number of hydrogen-bond donors (Lipinski definition) is 1. The molecule has 6 heteroatoms. The molecule has 0 aliphatic carbocycles. The second-order valence-corrected chi connectivity index (χ2v) is 3.01. The monoisotopic (exact) mass is 223 g/mol. The van der Waals surface area contributed by atoms with Crippen LogP contribution in [0.4, 0.5) is 17.6 Å². The number of nitrogens with two attached hydrogens (primary N) is 1. The van der Waals surface area contributed by atoms with Gasteiger partial charge in [0.05, 0.1) is 5.56 Å². The van der Waals surface area contributed by atoms with Gasteiger partial charge in [0.1, 0.15) is 11.9 Å². The molecule has 2 N–H and O–H groups in total. The molecule has 1 rings (SSSR count). The van der Waals surface area contributed by atoms with Gasteiger partial charge in [0.25, 0.3) is 0 Å². The molecule has 0 aliphatic rings. The molecular weight excluding hydrogens is 214 g/mol. The zero-order valence-corrected chi connectivity index (χ0v) is 7.81. The molecule has 0 heterocycles. The highest BCUT2D eigenvalue weighted by atomic mass is 19.4. The van der Waals surface area contributed by atoms with E-state index < -0.39 is 23.7 Å². The van der Waals surface area contributed by atoms with Gasteiger partial charge in [-0.05, 0) is 25.1 Å². The van der Waals surface area contributed by atoms with Gasteiger partial charge in [-0.15, -0.1) is 0 Å². The first-order chi connectivity index (χ1) is 6.86. The van der Waals surface area contributed by atoms with E-state index in [1.54, 1.807) is 0 Å². The predicted octanol–water partition coefficient (Wildman–Crippen LogP) is 2.80. The second-order valence-electron chi connectivity index (χ2n) is 3.01. The summed E-state index contributed by atoms with van der Waals surface area (Å²) >= 11 is 0. The van der Waals surface area contributed by atoms with Gasteiger partial charge in [-0.1, -0.05) is 0 Å². The standard InChI is InChI=1S/C9H9F4NO/c1-5(15-14)7-4-6(9(11,12)13)2-3-8(7)10/h2-5H,14H2,1H3. The Bertz CT molecular complexity index is 350. The lowest BCUT2D eigenvalue weighted by Gasteiger charge is -2.13. The molecule has 1 atom stereocenters. The minimum atomic E-state index is -4.50. The van der Waals surface area contributed by atoms with Gasteiger partial charge in [0.2, 0.25) is 0 Å². The first-order valence-corrected chi connectivity index (χ1v) is 4.08. The Kier molecular flexibility index (Phi) is 3.31. The summed E-state index contributed by atoms with van der Waals surface area (Å²) in [5, 5.41) is 0. The van der Waals surface area contributed by atoms with Crippen LogP contribution in [-0.2, 0) is 11.0 Å². The van der Waals surface area contributed by atoms with Gasteiger partial charge in [0.15, 0.2) is 0 Å². The molecule has 1 aromatic rings. The summed E-state index contributed by atoms with van der Waals surface area (Å²) in [5.74, 6) is 4.01.